The highest BCUT2D eigenvalue weighted by molar-refractivity contribution is 5.72. The Labute approximate surface area is 138 Å². The van der Waals surface area contributed by atoms with Gasteiger partial charge < -0.3 is 9.47 Å². The van der Waals surface area contributed by atoms with Gasteiger partial charge in [-0.15, -0.1) is 0 Å². The minimum atomic E-state index is -0.338. The molecule has 4 atom stereocenters. The van der Waals surface area contributed by atoms with Gasteiger partial charge in [-0.05, 0) is 56.8 Å². The summed E-state index contributed by atoms with van der Waals surface area (Å²) in [5.74, 6) is 0.801. The number of carbonyl (C=O) groups is 2. The van der Waals surface area contributed by atoms with Crippen LogP contribution in [0.4, 0.5) is 0 Å². The van der Waals surface area contributed by atoms with Crippen LogP contribution in [0.5, 0.6) is 0 Å². The van der Waals surface area contributed by atoms with Crippen molar-refractivity contribution < 1.29 is 19.1 Å². The fourth-order valence-electron chi connectivity index (χ4n) is 4.74. The number of fused-ring (bicyclic) bond motifs is 2. The largest absolute Gasteiger partial charge is 0.462 e. The van der Waals surface area contributed by atoms with Crippen LogP contribution in [0.1, 0.15) is 65.2 Å². The summed E-state index contributed by atoms with van der Waals surface area (Å²) in [6.45, 7) is 3.51. The molecule has 0 aromatic rings. The van der Waals surface area contributed by atoms with Crippen molar-refractivity contribution in [2.75, 3.05) is 0 Å². The Morgan fingerprint density at radius 1 is 1.22 bits per heavy atom. The van der Waals surface area contributed by atoms with Crippen LogP contribution in [0, 0.1) is 17.8 Å². The molecule has 0 aromatic carbocycles. The molecule has 2 bridgehead atoms. The van der Waals surface area contributed by atoms with E-state index < -0.39 is 0 Å². The molecule has 4 heteroatoms. The molecule has 0 aromatic heterocycles. The van der Waals surface area contributed by atoms with Crippen molar-refractivity contribution in [2.24, 2.45) is 17.8 Å². The zero-order valence-corrected chi connectivity index (χ0v) is 14.3. The number of allylic oxidation sites excluding steroid dienone is 2. The highest BCUT2D eigenvalue weighted by Gasteiger charge is 2.43. The minimum absolute atomic E-state index is 0.197. The van der Waals surface area contributed by atoms with Crippen LogP contribution >= 0.6 is 0 Å². The van der Waals surface area contributed by atoms with Gasteiger partial charge in [-0.2, -0.15) is 0 Å². The van der Waals surface area contributed by atoms with Gasteiger partial charge in [0, 0.05) is 12.8 Å². The van der Waals surface area contributed by atoms with Crippen LogP contribution in [-0.4, -0.2) is 23.6 Å². The summed E-state index contributed by atoms with van der Waals surface area (Å²) in [7, 11) is 0. The molecule has 2 saturated carbocycles. The topological polar surface area (TPSA) is 52.6 Å². The van der Waals surface area contributed by atoms with E-state index in [1.165, 1.54) is 6.92 Å². The van der Waals surface area contributed by atoms with Crippen LogP contribution in [-0.2, 0) is 19.1 Å². The van der Waals surface area contributed by atoms with Gasteiger partial charge in [0.15, 0.2) is 0 Å². The summed E-state index contributed by atoms with van der Waals surface area (Å²) in [6.07, 6.45) is 11.6. The number of hydrogen-bond donors (Lipinski definition) is 0. The average molecular weight is 320 g/mol. The van der Waals surface area contributed by atoms with E-state index in [9.17, 15) is 9.59 Å². The summed E-state index contributed by atoms with van der Waals surface area (Å²) in [6, 6.07) is 0. The van der Waals surface area contributed by atoms with Gasteiger partial charge in [-0.3, -0.25) is 9.59 Å². The smallest absolute Gasteiger partial charge is 0.310 e. The lowest BCUT2D eigenvalue weighted by molar-refractivity contribution is -0.167. The van der Waals surface area contributed by atoms with Gasteiger partial charge in [-0.1, -0.05) is 19.1 Å². The lowest BCUT2D eigenvalue weighted by atomic mass is 9.86. The van der Waals surface area contributed by atoms with Gasteiger partial charge >= 0.3 is 11.9 Å². The van der Waals surface area contributed by atoms with Crippen LogP contribution in [0.2, 0.25) is 0 Å². The Morgan fingerprint density at radius 2 is 1.96 bits per heavy atom. The quantitative estimate of drug-likeness (QED) is 0.552. The molecule has 3 aliphatic rings. The third kappa shape index (κ3) is 3.61. The molecule has 128 valence electrons. The molecule has 0 aliphatic heterocycles. The van der Waals surface area contributed by atoms with E-state index in [2.05, 4.69) is 19.1 Å². The summed E-state index contributed by atoms with van der Waals surface area (Å²) in [4.78, 5) is 24.0. The van der Waals surface area contributed by atoms with Crippen LogP contribution < -0.4 is 0 Å². The minimum Gasteiger partial charge on any atom is -0.462 e. The molecular weight excluding hydrogens is 292 g/mol. The summed E-state index contributed by atoms with van der Waals surface area (Å²) < 4.78 is 11.4. The number of rotatable bonds is 6. The molecular formula is C19H28O4. The molecule has 2 fully saturated rings. The van der Waals surface area contributed by atoms with E-state index in [-0.39, 0.29) is 36.0 Å². The Bertz CT molecular complexity index is 490. The van der Waals surface area contributed by atoms with E-state index in [0.29, 0.717) is 11.8 Å². The summed E-state index contributed by atoms with van der Waals surface area (Å²) in [5, 5.41) is 0. The summed E-state index contributed by atoms with van der Waals surface area (Å²) >= 11 is 0. The first-order valence-electron chi connectivity index (χ1n) is 9.09. The zero-order chi connectivity index (χ0) is 16.4. The first-order valence-corrected chi connectivity index (χ1v) is 9.09. The molecule has 0 heterocycles. The van der Waals surface area contributed by atoms with Crippen molar-refractivity contribution >= 4 is 11.9 Å². The van der Waals surface area contributed by atoms with Gasteiger partial charge in [0.05, 0.1) is 6.42 Å². The van der Waals surface area contributed by atoms with Gasteiger partial charge in [0.2, 0.25) is 0 Å². The SMILES string of the molecule is CCC1(OC(=O)CC(OC(C)=O)C2C[C@H]3C=C[C@@H]2C3)CCCC1. The highest BCUT2D eigenvalue weighted by atomic mass is 16.6. The van der Waals surface area contributed by atoms with Crippen molar-refractivity contribution in [3.8, 4) is 0 Å². The second-order valence-electron chi connectivity index (χ2n) is 7.51. The molecule has 3 rings (SSSR count). The van der Waals surface area contributed by atoms with Gasteiger partial charge in [-0.25, -0.2) is 0 Å². The third-order valence-electron chi connectivity index (χ3n) is 5.98. The Hall–Kier alpha value is -1.32. The van der Waals surface area contributed by atoms with Gasteiger partial charge in [0.25, 0.3) is 0 Å². The Morgan fingerprint density at radius 3 is 2.48 bits per heavy atom. The second kappa shape index (κ2) is 6.66. The predicted octanol–water partition coefficient (Wildman–Crippen LogP) is 3.79. The third-order valence-corrected chi connectivity index (χ3v) is 5.98. The molecule has 23 heavy (non-hydrogen) atoms. The normalized spacial score (nSPS) is 32.0. The van der Waals surface area contributed by atoms with Crippen LogP contribution in [0.15, 0.2) is 12.2 Å². The first-order chi connectivity index (χ1) is 11.0. The van der Waals surface area contributed by atoms with E-state index in [0.717, 1.165) is 44.9 Å². The van der Waals surface area contributed by atoms with E-state index >= 15 is 0 Å². The van der Waals surface area contributed by atoms with Crippen molar-refractivity contribution in [3.63, 3.8) is 0 Å². The van der Waals surface area contributed by atoms with Crippen LogP contribution in [0.25, 0.3) is 0 Å². The van der Waals surface area contributed by atoms with Crippen molar-refractivity contribution in [1.29, 1.82) is 0 Å². The maximum absolute atomic E-state index is 12.5. The number of esters is 2. The van der Waals surface area contributed by atoms with Crippen LogP contribution in [0.3, 0.4) is 0 Å². The number of hydrogen-bond acceptors (Lipinski definition) is 4. The van der Waals surface area contributed by atoms with E-state index in [1.54, 1.807) is 0 Å². The molecule has 0 saturated heterocycles. The van der Waals surface area contributed by atoms with E-state index in [1.807, 2.05) is 0 Å². The van der Waals surface area contributed by atoms with Crippen molar-refractivity contribution in [2.45, 2.75) is 76.9 Å². The molecule has 2 unspecified atom stereocenters. The Kier molecular flexibility index (Phi) is 4.79. The lowest BCUT2D eigenvalue weighted by Gasteiger charge is -2.31. The van der Waals surface area contributed by atoms with E-state index in [4.69, 9.17) is 9.47 Å². The molecule has 0 N–H and O–H groups in total. The fourth-order valence-corrected chi connectivity index (χ4v) is 4.74. The van der Waals surface area contributed by atoms with Gasteiger partial charge in [0.1, 0.15) is 11.7 Å². The standard InChI is InChI=1S/C19H28O4/c1-3-19(8-4-5-9-19)23-18(21)12-17(22-13(2)20)16-11-14-6-7-15(16)10-14/h6-7,14-17H,3-5,8-12H2,1-2H3/t14-,15+,16?,17?/m0/s1. The zero-order valence-electron chi connectivity index (χ0n) is 14.3. The fraction of sp³-hybridized carbons (Fsp3) is 0.789. The molecule has 0 radical (unpaired) electrons. The second-order valence-corrected chi connectivity index (χ2v) is 7.51. The Balaban J connectivity index is 1.62. The maximum Gasteiger partial charge on any atom is 0.310 e. The monoisotopic (exact) mass is 320 g/mol. The predicted molar refractivity (Wildman–Crippen MR) is 86.6 cm³/mol. The molecule has 0 amide bonds. The van der Waals surface area contributed by atoms with Crippen molar-refractivity contribution in [3.05, 3.63) is 12.2 Å². The number of ether oxygens (including phenoxy) is 2. The first kappa shape index (κ1) is 16.5. The molecule has 4 nitrogen and oxygen atoms in total. The maximum atomic E-state index is 12.5. The highest BCUT2D eigenvalue weighted by Crippen LogP contribution is 2.46. The number of carbonyl (C=O) groups excluding carboxylic acids is 2. The molecule has 3 aliphatic carbocycles. The molecule has 0 spiro atoms. The summed E-state index contributed by atoms with van der Waals surface area (Å²) in [5.41, 5.74) is -0.271. The lowest BCUT2D eigenvalue weighted by Crippen LogP contribution is -2.36. The van der Waals surface area contributed by atoms with Crippen molar-refractivity contribution in [1.82, 2.24) is 0 Å². The average Bonchev–Trinajstić information content (AvgIpc) is 3.22.